The number of ether oxygens (including phenoxy) is 2. The Morgan fingerprint density at radius 1 is 0.891 bits per heavy atom. The Labute approximate surface area is 269 Å². The molecule has 2 aliphatic rings. The predicted molar refractivity (Wildman–Crippen MR) is 181 cm³/mol. The lowest BCUT2D eigenvalue weighted by Gasteiger charge is -2.19. The first-order valence-electron chi connectivity index (χ1n) is 15.8. The minimum Gasteiger partial charge on any atom is -0.469 e. The number of carbonyl (C=O) groups excluding carboxylic acids is 3. The van der Waals surface area contributed by atoms with Crippen LogP contribution in [0.2, 0.25) is 0 Å². The van der Waals surface area contributed by atoms with E-state index in [2.05, 4.69) is 66.7 Å². The molecule has 9 heteroatoms. The monoisotopic (exact) mass is 624 g/mol. The molecule has 4 N–H and O–H groups in total. The number of fused-ring (bicyclic) bond motifs is 8. The number of ketones is 1. The fourth-order valence-corrected chi connectivity index (χ4v) is 7.04. The molecule has 5 heterocycles. The van der Waals surface area contributed by atoms with Gasteiger partial charge in [0.2, 0.25) is 0 Å². The summed E-state index contributed by atoms with van der Waals surface area (Å²) in [4.78, 5) is 49.4. The van der Waals surface area contributed by atoms with Gasteiger partial charge in [0.1, 0.15) is 0 Å². The van der Waals surface area contributed by atoms with Crippen molar-refractivity contribution in [3.05, 3.63) is 84.8 Å². The van der Waals surface area contributed by atoms with Crippen molar-refractivity contribution < 1.29 is 23.9 Å². The van der Waals surface area contributed by atoms with Crippen molar-refractivity contribution in [2.75, 3.05) is 14.2 Å². The van der Waals surface area contributed by atoms with Crippen LogP contribution in [0.1, 0.15) is 101 Å². The molecule has 1 fully saturated rings. The van der Waals surface area contributed by atoms with Crippen molar-refractivity contribution in [3.63, 3.8) is 0 Å². The fourth-order valence-electron chi connectivity index (χ4n) is 7.04. The summed E-state index contributed by atoms with van der Waals surface area (Å²) in [5.74, 6) is -1.07. The number of allylic oxidation sites excluding steroid dienone is 2. The van der Waals surface area contributed by atoms with Crippen LogP contribution in [-0.2, 0) is 25.5 Å². The van der Waals surface area contributed by atoms with Gasteiger partial charge in [-0.05, 0) is 81.0 Å². The van der Waals surface area contributed by atoms with Crippen LogP contribution in [0.25, 0.3) is 29.9 Å². The number of esters is 2. The molecule has 0 amide bonds. The molecule has 0 radical (unpaired) electrons. The minimum absolute atomic E-state index is 0.0481. The van der Waals surface area contributed by atoms with E-state index >= 15 is 0 Å². The summed E-state index contributed by atoms with van der Waals surface area (Å²) in [6, 6.07) is 0. The maximum Gasteiger partial charge on any atom is 0.310 e. The van der Waals surface area contributed by atoms with Gasteiger partial charge in [-0.1, -0.05) is 26.5 Å². The summed E-state index contributed by atoms with van der Waals surface area (Å²) in [7, 11) is 2.74. The smallest absolute Gasteiger partial charge is 0.310 e. The van der Waals surface area contributed by atoms with Gasteiger partial charge in [0.15, 0.2) is 5.78 Å². The van der Waals surface area contributed by atoms with Crippen molar-refractivity contribution >= 4 is 47.6 Å². The fraction of sp³-hybridized carbons (Fsp3) is 0.378. The maximum absolute atomic E-state index is 13.3. The van der Waals surface area contributed by atoms with E-state index in [0.29, 0.717) is 23.3 Å². The van der Waals surface area contributed by atoms with Crippen LogP contribution in [0.15, 0.2) is 18.0 Å². The number of hydrogen-bond donors (Lipinski definition) is 4. The molecule has 0 spiro atoms. The van der Waals surface area contributed by atoms with Crippen LogP contribution in [0.4, 0.5) is 0 Å². The lowest BCUT2D eigenvalue weighted by Crippen LogP contribution is -2.16. The molecular weight excluding hydrogens is 580 g/mol. The van der Waals surface area contributed by atoms with E-state index in [0.717, 1.165) is 67.8 Å². The van der Waals surface area contributed by atoms with E-state index in [4.69, 9.17) is 9.47 Å². The molecule has 8 bridgehead atoms. The number of hydrogen-bond acceptors (Lipinski definition) is 6. The quantitative estimate of drug-likeness (QED) is 0.204. The van der Waals surface area contributed by atoms with Gasteiger partial charge in [-0.2, -0.15) is 0 Å². The zero-order valence-corrected chi connectivity index (χ0v) is 28.0. The third kappa shape index (κ3) is 5.70. The lowest BCUT2D eigenvalue weighted by atomic mass is 9.85. The zero-order valence-electron chi connectivity index (χ0n) is 28.0. The second-order valence-corrected chi connectivity index (χ2v) is 12.2. The second-order valence-electron chi connectivity index (χ2n) is 12.2. The number of rotatable bonds is 8. The van der Waals surface area contributed by atoms with Crippen LogP contribution in [0.5, 0.6) is 0 Å². The van der Waals surface area contributed by atoms with Crippen molar-refractivity contribution in [2.45, 2.75) is 67.2 Å². The summed E-state index contributed by atoms with van der Waals surface area (Å²) in [6.45, 7) is 16.0. The highest BCUT2D eigenvalue weighted by molar-refractivity contribution is 6.03. The van der Waals surface area contributed by atoms with Crippen LogP contribution < -0.4 is 16.0 Å². The molecule has 0 aromatic carbocycles. The minimum atomic E-state index is -0.434. The van der Waals surface area contributed by atoms with Crippen molar-refractivity contribution in [1.82, 2.24) is 20.3 Å². The highest BCUT2D eigenvalue weighted by Crippen LogP contribution is 2.43. The predicted octanol–water partition coefficient (Wildman–Crippen LogP) is 5.10. The van der Waals surface area contributed by atoms with Gasteiger partial charge in [-0.3, -0.25) is 14.4 Å². The van der Waals surface area contributed by atoms with Gasteiger partial charge in [0.05, 0.1) is 26.3 Å². The number of aromatic amines is 3. The molecule has 0 aliphatic carbocycles. The molecular formula is C37H44N4O5. The third-order valence-corrected chi connectivity index (χ3v) is 9.70. The molecule has 2 aliphatic heterocycles. The number of nitrogens with one attached hydrogen (secondary N) is 4. The number of aromatic nitrogens is 3. The summed E-state index contributed by atoms with van der Waals surface area (Å²) >= 11 is 0. The SMILES string of the molecule is C=Cc1c2[nH]c(c1C)C=C1NC(=C(CC(=O)OC)c3[nH]c(c(C)c3C(C)=O)C=c3[nH]c(c(C)c3CC)=C2)C(CCC(=O)OC)C1C. The Kier molecular flexibility index (Phi) is 9.15. The Balaban J connectivity index is 1.93. The van der Waals surface area contributed by atoms with Gasteiger partial charge >= 0.3 is 11.9 Å². The molecule has 3 aromatic heterocycles. The zero-order chi connectivity index (χ0) is 33.4. The average molecular weight is 625 g/mol. The van der Waals surface area contributed by atoms with E-state index < -0.39 is 5.97 Å². The number of carbonyl (C=O) groups is 3. The lowest BCUT2D eigenvalue weighted by molar-refractivity contribution is -0.141. The van der Waals surface area contributed by atoms with E-state index in [-0.39, 0.29) is 36.4 Å². The van der Waals surface area contributed by atoms with Gasteiger partial charge in [0.25, 0.3) is 0 Å². The Bertz CT molecular complexity index is 1940. The van der Waals surface area contributed by atoms with Crippen LogP contribution in [-0.4, -0.2) is 46.9 Å². The number of H-pyrrole nitrogens is 3. The first-order chi connectivity index (χ1) is 21.9. The summed E-state index contributed by atoms with van der Waals surface area (Å²) in [5.41, 5.74) is 11.3. The van der Waals surface area contributed by atoms with Crippen molar-refractivity contribution in [1.29, 1.82) is 0 Å². The standard InChI is InChI=1S/C37H44N4O5/c1-10-23-18(3)27-15-29-20(5)25(12-13-33(43)45-8)36(40-29)26(14-34(44)46-9)37-35(22(7)42)21(6)30(41-37)17-32-24(11-2)19(4)28(39-32)16-31(23)38-27/h10,15-17,20,25,38-41H,1,11-14H2,2-9H3. The van der Waals surface area contributed by atoms with Crippen molar-refractivity contribution in [2.24, 2.45) is 11.8 Å². The van der Waals surface area contributed by atoms with Gasteiger partial charge in [0, 0.05) is 74.1 Å². The number of Topliss-reactive ketones (excluding diaryl/α,β-unsaturated/α-hetero) is 1. The first-order valence-corrected chi connectivity index (χ1v) is 15.8. The summed E-state index contributed by atoms with van der Waals surface area (Å²) in [6.07, 6.45) is 9.57. The van der Waals surface area contributed by atoms with Gasteiger partial charge in [-0.25, -0.2) is 0 Å². The molecule has 0 saturated carbocycles. The Morgan fingerprint density at radius 2 is 1.57 bits per heavy atom. The average Bonchev–Trinajstić information content (AvgIpc) is 3.71. The largest absolute Gasteiger partial charge is 0.469 e. The van der Waals surface area contributed by atoms with Crippen LogP contribution >= 0.6 is 0 Å². The number of methoxy groups -OCH3 is 2. The highest BCUT2D eigenvalue weighted by Gasteiger charge is 2.37. The topological polar surface area (TPSA) is 129 Å². The van der Waals surface area contributed by atoms with E-state index in [1.807, 2.05) is 19.1 Å². The van der Waals surface area contributed by atoms with E-state index in [9.17, 15) is 14.4 Å². The third-order valence-electron chi connectivity index (χ3n) is 9.70. The van der Waals surface area contributed by atoms with Crippen molar-refractivity contribution in [3.8, 4) is 0 Å². The molecule has 5 rings (SSSR count). The molecule has 9 nitrogen and oxygen atoms in total. The van der Waals surface area contributed by atoms with E-state index in [1.54, 1.807) is 6.92 Å². The Hall–Kier alpha value is -4.79. The van der Waals surface area contributed by atoms with Gasteiger partial charge in [-0.15, -0.1) is 0 Å². The Morgan fingerprint density at radius 3 is 2.20 bits per heavy atom. The molecule has 1 saturated heterocycles. The normalized spacial score (nSPS) is 17.1. The molecule has 46 heavy (non-hydrogen) atoms. The van der Waals surface area contributed by atoms with Crippen LogP contribution in [0.3, 0.4) is 0 Å². The molecule has 2 atom stereocenters. The highest BCUT2D eigenvalue weighted by atomic mass is 16.5. The molecule has 242 valence electrons. The molecule has 3 aromatic rings. The summed E-state index contributed by atoms with van der Waals surface area (Å²) < 4.78 is 10.1. The summed E-state index contributed by atoms with van der Waals surface area (Å²) in [5, 5.41) is 5.58. The van der Waals surface area contributed by atoms with Gasteiger partial charge < -0.3 is 29.7 Å². The maximum atomic E-state index is 13.3. The molecule has 2 unspecified atom stereocenters. The second kappa shape index (κ2) is 12.9. The van der Waals surface area contributed by atoms with E-state index in [1.165, 1.54) is 19.8 Å². The van der Waals surface area contributed by atoms with Crippen LogP contribution in [0, 0.1) is 32.6 Å². The first kappa shape index (κ1) is 32.6.